The zero-order valence-corrected chi connectivity index (χ0v) is 20.6. The Morgan fingerprint density at radius 2 is 1.83 bits per heavy atom. The molecule has 0 aliphatic heterocycles. The molecule has 8 heteroatoms. The molecule has 0 bridgehead atoms. The highest BCUT2D eigenvalue weighted by molar-refractivity contribution is 5.89. The van der Waals surface area contributed by atoms with Gasteiger partial charge in [-0.3, -0.25) is 14.2 Å². The molecule has 0 atom stereocenters. The van der Waals surface area contributed by atoms with Gasteiger partial charge in [0, 0.05) is 0 Å². The number of aromatic nitrogens is 2. The molecule has 0 fully saturated rings. The van der Waals surface area contributed by atoms with E-state index in [-0.39, 0.29) is 25.4 Å². The summed E-state index contributed by atoms with van der Waals surface area (Å²) in [6.45, 7) is 8.81. The fourth-order valence-electron chi connectivity index (χ4n) is 3.35. The smallest absolute Gasteiger partial charge is 0.357 e. The molecule has 0 amide bonds. The highest BCUT2D eigenvalue weighted by Crippen LogP contribution is 2.20. The van der Waals surface area contributed by atoms with Crippen molar-refractivity contribution in [2.45, 2.75) is 47.9 Å². The number of nitrogens with zero attached hydrogens (tertiary/aromatic N) is 3. The minimum absolute atomic E-state index is 0.0647. The average molecular weight is 476 g/mol. The molecule has 182 valence electrons. The normalized spacial score (nSPS) is 11.3. The van der Waals surface area contributed by atoms with Crippen LogP contribution in [0.5, 0.6) is 0 Å². The Kier molecular flexibility index (Phi) is 7.72. The Labute approximate surface area is 204 Å². The van der Waals surface area contributed by atoms with E-state index in [9.17, 15) is 14.4 Å². The Morgan fingerprint density at radius 1 is 1.14 bits per heavy atom. The number of carbonyl (C=O) groups is 2. The Balaban J connectivity index is 1.91. The predicted molar refractivity (Wildman–Crippen MR) is 132 cm³/mol. The van der Waals surface area contributed by atoms with Crippen molar-refractivity contribution in [3.63, 3.8) is 0 Å². The fraction of sp³-hybridized carbons (Fsp3) is 0.333. The van der Waals surface area contributed by atoms with Crippen molar-refractivity contribution >= 4 is 22.8 Å². The van der Waals surface area contributed by atoms with E-state index in [0.717, 1.165) is 11.1 Å². The van der Waals surface area contributed by atoms with E-state index >= 15 is 0 Å². The molecule has 0 N–H and O–H groups in total. The van der Waals surface area contributed by atoms with Crippen molar-refractivity contribution in [1.29, 1.82) is 0 Å². The first kappa shape index (κ1) is 25.7. The summed E-state index contributed by atoms with van der Waals surface area (Å²) >= 11 is 0. The second kappa shape index (κ2) is 10.5. The number of benzene rings is 2. The van der Waals surface area contributed by atoms with Gasteiger partial charge in [0.2, 0.25) is 0 Å². The van der Waals surface area contributed by atoms with Crippen molar-refractivity contribution < 1.29 is 19.2 Å². The number of carbonyl (C=O) groups excluding carboxylic acids is 2. The van der Waals surface area contributed by atoms with Gasteiger partial charge in [-0.2, -0.15) is 0 Å². The number of hydroxylamine groups is 2. The molecule has 3 rings (SSSR count). The Bertz CT molecular complexity index is 1350. The number of esters is 1. The van der Waals surface area contributed by atoms with Crippen molar-refractivity contribution in [1.82, 2.24) is 14.6 Å². The molecule has 1 aromatic heterocycles. The molecule has 0 saturated carbocycles. The van der Waals surface area contributed by atoms with Crippen LogP contribution in [0.15, 0.2) is 47.3 Å². The number of hydrogen-bond donors (Lipinski definition) is 0. The van der Waals surface area contributed by atoms with Crippen LogP contribution in [0.25, 0.3) is 10.9 Å². The third-order valence-corrected chi connectivity index (χ3v) is 5.38. The first-order chi connectivity index (χ1) is 16.5. The third-order valence-electron chi connectivity index (χ3n) is 5.38. The number of hydrogen-bond acceptors (Lipinski definition) is 7. The molecule has 35 heavy (non-hydrogen) atoms. The second-order valence-electron chi connectivity index (χ2n) is 9.25. The number of ether oxygens (including phenoxy) is 1. The lowest BCUT2D eigenvalue weighted by Gasteiger charge is -2.21. The van der Waals surface area contributed by atoms with Crippen LogP contribution in [-0.4, -0.2) is 33.1 Å². The van der Waals surface area contributed by atoms with Crippen LogP contribution in [0.2, 0.25) is 0 Å². The van der Waals surface area contributed by atoms with Gasteiger partial charge in [-0.15, -0.1) is 11.5 Å². The van der Waals surface area contributed by atoms with Gasteiger partial charge in [0.25, 0.3) is 5.56 Å². The van der Waals surface area contributed by atoms with Crippen LogP contribution in [0, 0.1) is 31.6 Å². The van der Waals surface area contributed by atoms with Crippen LogP contribution in [0.1, 0.15) is 48.1 Å². The third kappa shape index (κ3) is 6.14. The van der Waals surface area contributed by atoms with Gasteiger partial charge in [0.1, 0.15) is 5.82 Å². The molecule has 0 aliphatic carbocycles. The molecule has 0 aliphatic rings. The molecular weight excluding hydrogens is 446 g/mol. The number of terminal acetylenes is 1. The van der Waals surface area contributed by atoms with Crippen molar-refractivity contribution in [3.8, 4) is 12.3 Å². The summed E-state index contributed by atoms with van der Waals surface area (Å²) < 4.78 is 6.65. The molecule has 1 heterocycles. The average Bonchev–Trinajstić information content (AvgIpc) is 2.79. The second-order valence-corrected chi connectivity index (χ2v) is 9.25. The summed E-state index contributed by atoms with van der Waals surface area (Å²) in [7, 11) is 0. The van der Waals surface area contributed by atoms with E-state index < -0.39 is 17.4 Å². The molecule has 0 radical (unpaired) electrons. The van der Waals surface area contributed by atoms with Crippen LogP contribution >= 0.6 is 0 Å². The van der Waals surface area contributed by atoms with E-state index in [1.165, 1.54) is 9.63 Å². The topological polar surface area (TPSA) is 90.7 Å². The Hall–Kier alpha value is -3.96. The van der Waals surface area contributed by atoms with Crippen LogP contribution < -0.4 is 5.56 Å². The number of fused-ring (bicyclic) bond motifs is 1. The van der Waals surface area contributed by atoms with E-state index in [1.54, 1.807) is 70.2 Å². The lowest BCUT2D eigenvalue weighted by atomic mass is 9.98. The highest BCUT2D eigenvalue weighted by Gasteiger charge is 2.24. The van der Waals surface area contributed by atoms with Crippen molar-refractivity contribution in [3.05, 3.63) is 75.3 Å². The summed E-state index contributed by atoms with van der Waals surface area (Å²) in [4.78, 5) is 48.0. The lowest BCUT2D eigenvalue weighted by molar-refractivity contribution is -0.157. The van der Waals surface area contributed by atoms with Crippen LogP contribution in [0.4, 0.5) is 0 Å². The Morgan fingerprint density at radius 3 is 2.46 bits per heavy atom. The zero-order chi connectivity index (χ0) is 25.8. The quantitative estimate of drug-likeness (QED) is 0.292. The molecule has 8 nitrogen and oxygen atoms in total. The first-order valence-electron chi connectivity index (χ1n) is 11.1. The molecular formula is C27H29N3O5. The van der Waals surface area contributed by atoms with E-state index in [1.807, 2.05) is 6.92 Å². The van der Waals surface area contributed by atoms with Gasteiger partial charge in [-0.1, -0.05) is 24.1 Å². The molecule has 2 aromatic carbocycles. The summed E-state index contributed by atoms with van der Waals surface area (Å²) in [6, 6.07) is 12.1. The molecule has 3 aromatic rings. The van der Waals surface area contributed by atoms with Gasteiger partial charge in [0.05, 0.1) is 35.0 Å². The van der Waals surface area contributed by atoms with Gasteiger partial charge in [-0.05, 0) is 70.0 Å². The van der Waals surface area contributed by atoms with E-state index in [0.29, 0.717) is 22.3 Å². The molecule has 0 saturated heterocycles. The molecule has 0 unspecified atom stereocenters. The lowest BCUT2D eigenvalue weighted by Crippen LogP contribution is -2.30. The SMILES string of the molecule is C#CCN(Cc1cc2c(=O)n(COC(=O)C(C)(C)C)c(C)nc2cc1C)OC(=O)c1ccccc1. The van der Waals surface area contributed by atoms with E-state index in [4.69, 9.17) is 16.0 Å². The maximum Gasteiger partial charge on any atom is 0.357 e. The minimum atomic E-state index is -0.691. The van der Waals surface area contributed by atoms with Gasteiger partial charge in [0.15, 0.2) is 6.73 Å². The predicted octanol–water partition coefficient (Wildman–Crippen LogP) is 3.77. The summed E-state index contributed by atoms with van der Waals surface area (Å²) in [5.41, 5.74) is 1.51. The summed E-state index contributed by atoms with van der Waals surface area (Å²) in [5.74, 6) is 1.98. The van der Waals surface area contributed by atoms with Gasteiger partial charge in [-0.25, -0.2) is 9.78 Å². The van der Waals surface area contributed by atoms with Crippen molar-refractivity contribution in [2.24, 2.45) is 5.41 Å². The summed E-state index contributed by atoms with van der Waals surface area (Å²) in [6.07, 6.45) is 5.49. The number of aryl methyl sites for hydroxylation is 2. The van der Waals surface area contributed by atoms with Gasteiger partial charge < -0.3 is 9.57 Å². The summed E-state index contributed by atoms with van der Waals surface area (Å²) in [5, 5.41) is 1.73. The van der Waals surface area contributed by atoms with Crippen LogP contribution in [-0.2, 0) is 27.6 Å². The largest absolute Gasteiger partial charge is 0.443 e. The highest BCUT2D eigenvalue weighted by atomic mass is 16.7. The number of rotatable bonds is 7. The standard InChI is InChI=1S/C27H29N3O5/c1-7-13-29(35-25(32)20-11-9-8-10-12-20)16-21-15-22-23(14-18(21)2)28-19(3)30(24(22)31)17-34-26(33)27(4,5)6/h1,8-12,14-15H,13,16-17H2,2-6H3. The maximum absolute atomic E-state index is 13.2. The monoisotopic (exact) mass is 475 g/mol. The zero-order valence-electron chi connectivity index (χ0n) is 20.6. The van der Waals surface area contributed by atoms with Gasteiger partial charge >= 0.3 is 11.9 Å². The fourth-order valence-corrected chi connectivity index (χ4v) is 3.35. The van der Waals surface area contributed by atoms with Crippen LogP contribution in [0.3, 0.4) is 0 Å². The minimum Gasteiger partial charge on any atom is -0.443 e. The van der Waals surface area contributed by atoms with E-state index in [2.05, 4.69) is 10.9 Å². The van der Waals surface area contributed by atoms with Crippen molar-refractivity contribution in [2.75, 3.05) is 6.54 Å². The first-order valence-corrected chi connectivity index (χ1v) is 11.1. The molecule has 0 spiro atoms. The maximum atomic E-state index is 13.2.